The zero-order valence-corrected chi connectivity index (χ0v) is 18.7. The Morgan fingerprint density at radius 3 is 2.13 bits per heavy atom. The van der Waals surface area contributed by atoms with Gasteiger partial charge in [0.2, 0.25) is 0 Å². The van der Waals surface area contributed by atoms with Crippen LogP contribution in [0.15, 0.2) is 53.4 Å². The van der Waals surface area contributed by atoms with Gasteiger partial charge < -0.3 is 19.3 Å². The van der Waals surface area contributed by atoms with Gasteiger partial charge in [-0.2, -0.15) is 8.42 Å². The van der Waals surface area contributed by atoms with Crippen LogP contribution in [0.3, 0.4) is 0 Å². The van der Waals surface area contributed by atoms with Crippen molar-refractivity contribution in [1.29, 1.82) is 0 Å². The fourth-order valence-electron chi connectivity index (χ4n) is 2.71. The molecule has 168 valence electrons. The van der Waals surface area contributed by atoms with Gasteiger partial charge in [-0.15, -0.1) is 0 Å². The number of hydrogen-bond donors (Lipinski definition) is 2. The van der Waals surface area contributed by atoms with Crippen LogP contribution >= 0.6 is 0 Å². The molecular formula is C22H27NO7S. The summed E-state index contributed by atoms with van der Waals surface area (Å²) in [6, 6.07) is 12.3. The van der Waals surface area contributed by atoms with Crippen molar-refractivity contribution in [1.82, 2.24) is 5.32 Å². The SMILES string of the molecule is Cc1ccc(S(=O)(=O)Oc2ccc(C(CNC(=O)OC(C)(C)C)CC(=O)O)cc2)cc1. The molecular weight excluding hydrogens is 422 g/mol. The minimum absolute atomic E-state index is 0.0347. The molecule has 1 atom stereocenters. The van der Waals surface area contributed by atoms with Gasteiger partial charge in [-0.05, 0) is 57.5 Å². The van der Waals surface area contributed by atoms with E-state index in [2.05, 4.69) is 5.32 Å². The molecule has 0 saturated carbocycles. The normalized spacial score (nSPS) is 12.6. The Morgan fingerprint density at radius 1 is 1.03 bits per heavy atom. The predicted molar refractivity (Wildman–Crippen MR) is 115 cm³/mol. The summed E-state index contributed by atoms with van der Waals surface area (Å²) in [6.45, 7) is 7.07. The van der Waals surface area contributed by atoms with E-state index < -0.39 is 33.7 Å². The molecule has 1 amide bonds. The highest BCUT2D eigenvalue weighted by atomic mass is 32.2. The van der Waals surface area contributed by atoms with Gasteiger partial charge in [-0.3, -0.25) is 4.79 Å². The van der Waals surface area contributed by atoms with Gasteiger partial charge in [0.25, 0.3) is 0 Å². The maximum atomic E-state index is 12.4. The molecule has 0 fully saturated rings. The fraction of sp³-hybridized carbons (Fsp3) is 0.364. The zero-order valence-electron chi connectivity index (χ0n) is 17.9. The topological polar surface area (TPSA) is 119 Å². The molecule has 2 aromatic rings. The summed E-state index contributed by atoms with van der Waals surface area (Å²) < 4.78 is 35.1. The third-order valence-electron chi connectivity index (χ3n) is 4.18. The van der Waals surface area contributed by atoms with Crippen LogP contribution in [0, 0.1) is 6.92 Å². The van der Waals surface area contributed by atoms with Crippen LogP contribution in [-0.4, -0.2) is 37.7 Å². The minimum atomic E-state index is -3.99. The van der Waals surface area contributed by atoms with Crippen molar-refractivity contribution in [2.75, 3.05) is 6.54 Å². The van der Waals surface area contributed by atoms with Gasteiger partial charge in [-0.1, -0.05) is 29.8 Å². The van der Waals surface area contributed by atoms with Crippen molar-refractivity contribution < 1.29 is 32.0 Å². The van der Waals surface area contributed by atoms with Gasteiger partial charge in [-0.25, -0.2) is 4.79 Å². The molecule has 1 unspecified atom stereocenters. The third kappa shape index (κ3) is 7.93. The summed E-state index contributed by atoms with van der Waals surface area (Å²) in [7, 11) is -3.99. The Balaban J connectivity index is 2.10. The van der Waals surface area contributed by atoms with Crippen LogP contribution in [0.4, 0.5) is 4.79 Å². The number of hydrogen-bond acceptors (Lipinski definition) is 6. The minimum Gasteiger partial charge on any atom is -0.481 e. The highest BCUT2D eigenvalue weighted by Crippen LogP contribution is 2.24. The van der Waals surface area contributed by atoms with Crippen LogP contribution in [0.25, 0.3) is 0 Å². The van der Waals surface area contributed by atoms with E-state index >= 15 is 0 Å². The Bertz CT molecular complexity index is 1010. The third-order valence-corrected chi connectivity index (χ3v) is 5.44. The molecule has 31 heavy (non-hydrogen) atoms. The molecule has 2 aromatic carbocycles. The van der Waals surface area contributed by atoms with Crippen molar-refractivity contribution in [3.8, 4) is 5.75 Å². The molecule has 2 rings (SSSR count). The number of carbonyl (C=O) groups is 2. The molecule has 0 heterocycles. The number of ether oxygens (including phenoxy) is 1. The molecule has 0 spiro atoms. The quantitative estimate of drug-likeness (QED) is 0.588. The second-order valence-electron chi connectivity index (χ2n) is 8.10. The Kier molecular flexibility index (Phi) is 7.67. The molecule has 0 aliphatic rings. The Labute approximate surface area is 182 Å². The van der Waals surface area contributed by atoms with E-state index in [0.717, 1.165) is 5.56 Å². The number of benzene rings is 2. The van der Waals surface area contributed by atoms with E-state index in [1.807, 2.05) is 6.92 Å². The lowest BCUT2D eigenvalue weighted by Crippen LogP contribution is -2.35. The standard InChI is InChI=1S/C22H27NO7S/c1-15-5-11-19(12-6-15)31(27,28)30-18-9-7-16(8-10-18)17(13-20(24)25)14-23-21(26)29-22(2,3)4/h5-12,17H,13-14H2,1-4H3,(H,23,26)(H,24,25). The lowest BCUT2D eigenvalue weighted by atomic mass is 9.95. The smallest absolute Gasteiger partial charge is 0.407 e. The van der Waals surface area contributed by atoms with Gasteiger partial charge in [0, 0.05) is 12.5 Å². The maximum absolute atomic E-state index is 12.4. The van der Waals surface area contributed by atoms with E-state index in [9.17, 15) is 23.1 Å². The molecule has 0 bridgehead atoms. The van der Waals surface area contributed by atoms with Gasteiger partial charge in [0.1, 0.15) is 16.2 Å². The maximum Gasteiger partial charge on any atom is 0.407 e. The first-order chi connectivity index (χ1) is 14.4. The number of aryl methyl sites for hydroxylation is 1. The highest BCUT2D eigenvalue weighted by Gasteiger charge is 2.21. The second-order valence-corrected chi connectivity index (χ2v) is 9.64. The van der Waals surface area contributed by atoms with Gasteiger partial charge in [0.05, 0.1) is 6.42 Å². The number of carbonyl (C=O) groups excluding carboxylic acids is 1. The first-order valence-electron chi connectivity index (χ1n) is 9.65. The summed E-state index contributed by atoms with van der Waals surface area (Å²) in [6.07, 6.45) is -0.871. The van der Waals surface area contributed by atoms with Crippen LogP contribution < -0.4 is 9.50 Å². The van der Waals surface area contributed by atoms with Crippen molar-refractivity contribution in [3.63, 3.8) is 0 Å². The van der Waals surface area contributed by atoms with Crippen LogP contribution in [-0.2, 0) is 19.6 Å². The summed E-state index contributed by atoms with van der Waals surface area (Å²) >= 11 is 0. The summed E-state index contributed by atoms with van der Waals surface area (Å²) in [5.41, 5.74) is 0.861. The molecule has 2 N–H and O–H groups in total. The van der Waals surface area contributed by atoms with Crippen LogP contribution in [0.1, 0.15) is 44.2 Å². The molecule has 0 aliphatic carbocycles. The molecule has 0 saturated heterocycles. The number of rotatable bonds is 8. The Hall–Kier alpha value is -3.07. The van der Waals surface area contributed by atoms with Crippen molar-refractivity contribution in [2.45, 2.75) is 50.5 Å². The van der Waals surface area contributed by atoms with Crippen LogP contribution in [0.2, 0.25) is 0 Å². The number of alkyl carbamates (subject to hydrolysis) is 1. The average molecular weight is 450 g/mol. The molecule has 0 radical (unpaired) electrons. The van der Waals surface area contributed by atoms with Crippen molar-refractivity contribution in [3.05, 3.63) is 59.7 Å². The molecule has 9 heteroatoms. The van der Waals surface area contributed by atoms with E-state index in [4.69, 9.17) is 8.92 Å². The lowest BCUT2D eigenvalue weighted by molar-refractivity contribution is -0.137. The van der Waals surface area contributed by atoms with E-state index in [-0.39, 0.29) is 23.6 Å². The number of carboxylic acid groups (broad SMARTS) is 1. The van der Waals surface area contributed by atoms with E-state index in [0.29, 0.717) is 5.56 Å². The lowest BCUT2D eigenvalue weighted by Gasteiger charge is -2.21. The summed E-state index contributed by atoms with van der Waals surface area (Å²) in [4.78, 5) is 23.2. The summed E-state index contributed by atoms with van der Waals surface area (Å²) in [5, 5.41) is 11.8. The first kappa shape index (κ1) is 24.2. The molecule has 0 aromatic heterocycles. The number of nitrogens with one attached hydrogen (secondary N) is 1. The van der Waals surface area contributed by atoms with Gasteiger partial charge >= 0.3 is 22.2 Å². The Morgan fingerprint density at radius 2 is 1.61 bits per heavy atom. The van der Waals surface area contributed by atoms with Gasteiger partial charge in [0.15, 0.2) is 0 Å². The number of aliphatic carboxylic acids is 1. The summed E-state index contributed by atoms with van der Waals surface area (Å²) in [5.74, 6) is -1.47. The van der Waals surface area contributed by atoms with Crippen LogP contribution in [0.5, 0.6) is 5.75 Å². The monoisotopic (exact) mass is 449 g/mol. The van der Waals surface area contributed by atoms with E-state index in [1.54, 1.807) is 45.0 Å². The zero-order chi connectivity index (χ0) is 23.2. The fourth-order valence-corrected chi connectivity index (χ4v) is 3.64. The second kappa shape index (κ2) is 9.82. The number of carboxylic acids is 1. The largest absolute Gasteiger partial charge is 0.481 e. The van der Waals surface area contributed by atoms with E-state index in [1.165, 1.54) is 24.3 Å². The van der Waals surface area contributed by atoms with Crippen molar-refractivity contribution >= 4 is 22.2 Å². The predicted octanol–water partition coefficient (Wildman–Crippen LogP) is 3.85. The molecule has 8 nitrogen and oxygen atoms in total. The average Bonchev–Trinajstić information content (AvgIpc) is 2.64. The molecule has 0 aliphatic heterocycles. The first-order valence-corrected chi connectivity index (χ1v) is 11.1. The van der Waals surface area contributed by atoms with Crippen molar-refractivity contribution in [2.24, 2.45) is 0 Å². The highest BCUT2D eigenvalue weighted by molar-refractivity contribution is 7.87. The number of amides is 1.